The molecule has 0 heterocycles. The van der Waals surface area contributed by atoms with Gasteiger partial charge in [-0.05, 0) is 6.42 Å². The van der Waals surface area contributed by atoms with Crippen LogP contribution in [0, 0.1) is 0 Å². The van der Waals surface area contributed by atoms with Crippen LogP contribution in [0.15, 0.2) is 10.1 Å². The Morgan fingerprint density at radius 1 is 1.62 bits per heavy atom. The molecule has 1 nitrogen and oxygen atoms in total. The maximum Gasteiger partial charge on any atom is 0.148 e. The Hall–Kier alpha value is -0.0100. The van der Waals surface area contributed by atoms with Crippen LogP contribution in [0.3, 0.4) is 0 Å². The Morgan fingerprint density at radius 3 is 2.12 bits per heavy atom. The standard InChI is InChI=1S/C5H6Cl2O/c1-2-4(3-8)5(6)7/h3H,2H2,1H3. The van der Waals surface area contributed by atoms with Crippen LogP contribution in [-0.2, 0) is 4.79 Å². The first-order valence-electron chi connectivity index (χ1n) is 2.21. The van der Waals surface area contributed by atoms with Gasteiger partial charge in [0.05, 0.1) is 0 Å². The van der Waals surface area contributed by atoms with Crippen LogP contribution < -0.4 is 0 Å². The van der Waals surface area contributed by atoms with E-state index >= 15 is 0 Å². The average Bonchev–Trinajstić information content (AvgIpc) is 1.69. The lowest BCUT2D eigenvalue weighted by molar-refractivity contribution is -0.105. The molecule has 0 spiro atoms. The zero-order valence-electron chi connectivity index (χ0n) is 4.45. The molecule has 0 saturated heterocycles. The number of halogens is 2. The molecule has 46 valence electrons. The third-order valence-corrected chi connectivity index (χ3v) is 1.25. The molecule has 0 aliphatic heterocycles. The van der Waals surface area contributed by atoms with Gasteiger partial charge < -0.3 is 0 Å². The first kappa shape index (κ1) is 7.99. The molecule has 0 aromatic heterocycles. The molecule has 0 saturated carbocycles. The van der Waals surface area contributed by atoms with Crippen molar-refractivity contribution in [2.75, 3.05) is 0 Å². The van der Waals surface area contributed by atoms with Crippen molar-refractivity contribution in [2.24, 2.45) is 0 Å². The second-order valence-corrected chi connectivity index (χ2v) is 2.21. The lowest BCUT2D eigenvalue weighted by Crippen LogP contribution is -1.80. The third-order valence-electron chi connectivity index (χ3n) is 0.766. The van der Waals surface area contributed by atoms with Crippen LogP contribution in [-0.4, -0.2) is 6.29 Å². The van der Waals surface area contributed by atoms with Gasteiger partial charge in [0.15, 0.2) is 0 Å². The van der Waals surface area contributed by atoms with E-state index in [-0.39, 0.29) is 4.49 Å². The topological polar surface area (TPSA) is 17.1 Å². The summed E-state index contributed by atoms with van der Waals surface area (Å²) >= 11 is 10.5. The molecular formula is C5H6Cl2O. The quantitative estimate of drug-likeness (QED) is 0.439. The highest BCUT2D eigenvalue weighted by Crippen LogP contribution is 2.14. The van der Waals surface area contributed by atoms with E-state index in [0.29, 0.717) is 18.3 Å². The minimum absolute atomic E-state index is 0.0718. The largest absolute Gasteiger partial charge is 0.298 e. The molecule has 8 heavy (non-hydrogen) atoms. The van der Waals surface area contributed by atoms with Crippen molar-refractivity contribution in [3.63, 3.8) is 0 Å². The van der Waals surface area contributed by atoms with Gasteiger partial charge in [0.1, 0.15) is 10.8 Å². The molecular weight excluding hydrogens is 147 g/mol. The molecule has 0 atom stereocenters. The maximum absolute atomic E-state index is 9.95. The second-order valence-electron chi connectivity index (χ2n) is 1.26. The molecule has 0 amide bonds. The van der Waals surface area contributed by atoms with Crippen LogP contribution in [0.2, 0.25) is 0 Å². The number of hydrogen-bond acceptors (Lipinski definition) is 1. The van der Waals surface area contributed by atoms with Crippen molar-refractivity contribution in [1.82, 2.24) is 0 Å². The Kier molecular flexibility index (Phi) is 3.92. The fraction of sp³-hybridized carbons (Fsp3) is 0.400. The highest BCUT2D eigenvalue weighted by molar-refractivity contribution is 6.57. The molecule has 0 N–H and O–H groups in total. The van der Waals surface area contributed by atoms with Crippen molar-refractivity contribution in [3.05, 3.63) is 10.1 Å². The van der Waals surface area contributed by atoms with Crippen LogP contribution in [0.25, 0.3) is 0 Å². The molecule has 0 fully saturated rings. The van der Waals surface area contributed by atoms with Gasteiger partial charge in [-0.15, -0.1) is 0 Å². The van der Waals surface area contributed by atoms with E-state index in [2.05, 4.69) is 0 Å². The lowest BCUT2D eigenvalue weighted by Gasteiger charge is -1.88. The summed E-state index contributed by atoms with van der Waals surface area (Å²) in [4.78, 5) is 9.95. The normalized spacial score (nSPS) is 8.38. The monoisotopic (exact) mass is 152 g/mol. The first-order valence-corrected chi connectivity index (χ1v) is 2.97. The fourth-order valence-corrected chi connectivity index (χ4v) is 0.618. The number of aldehydes is 1. The molecule has 0 radical (unpaired) electrons. The van der Waals surface area contributed by atoms with Crippen LogP contribution in [0.4, 0.5) is 0 Å². The fourth-order valence-electron chi connectivity index (χ4n) is 0.262. The number of rotatable bonds is 2. The van der Waals surface area contributed by atoms with Crippen molar-refractivity contribution in [1.29, 1.82) is 0 Å². The lowest BCUT2D eigenvalue weighted by atomic mass is 10.3. The van der Waals surface area contributed by atoms with Gasteiger partial charge in [0.2, 0.25) is 0 Å². The summed E-state index contributed by atoms with van der Waals surface area (Å²) in [5.41, 5.74) is 0.452. The molecule has 0 aliphatic rings. The molecule has 0 aromatic carbocycles. The molecule has 0 bridgehead atoms. The first-order chi connectivity index (χ1) is 3.72. The Morgan fingerprint density at radius 2 is 2.12 bits per heavy atom. The van der Waals surface area contributed by atoms with Gasteiger partial charge in [0, 0.05) is 5.57 Å². The van der Waals surface area contributed by atoms with Gasteiger partial charge in [-0.2, -0.15) is 0 Å². The smallest absolute Gasteiger partial charge is 0.148 e. The van der Waals surface area contributed by atoms with Crippen LogP contribution in [0.5, 0.6) is 0 Å². The number of carbonyl (C=O) groups excluding carboxylic acids is 1. The van der Waals surface area contributed by atoms with Gasteiger partial charge in [-0.25, -0.2) is 0 Å². The van der Waals surface area contributed by atoms with E-state index in [4.69, 9.17) is 23.2 Å². The minimum Gasteiger partial charge on any atom is -0.298 e. The number of allylic oxidation sites excluding steroid dienone is 1. The van der Waals surface area contributed by atoms with Crippen molar-refractivity contribution >= 4 is 29.5 Å². The zero-order chi connectivity index (χ0) is 6.57. The maximum atomic E-state index is 9.95. The molecule has 3 heteroatoms. The van der Waals surface area contributed by atoms with Crippen molar-refractivity contribution < 1.29 is 4.79 Å². The highest BCUT2D eigenvalue weighted by atomic mass is 35.5. The van der Waals surface area contributed by atoms with E-state index in [9.17, 15) is 4.79 Å². The molecule has 0 unspecified atom stereocenters. The summed E-state index contributed by atoms with van der Waals surface area (Å²) in [6.45, 7) is 1.81. The molecule has 0 rings (SSSR count). The molecule has 0 aliphatic carbocycles. The van der Waals surface area contributed by atoms with E-state index < -0.39 is 0 Å². The summed E-state index contributed by atoms with van der Waals surface area (Å²) < 4.78 is 0.0718. The second kappa shape index (κ2) is 3.93. The van der Waals surface area contributed by atoms with E-state index in [1.807, 2.05) is 6.92 Å². The summed E-state index contributed by atoms with van der Waals surface area (Å²) in [7, 11) is 0. The van der Waals surface area contributed by atoms with Gasteiger partial charge in [-0.3, -0.25) is 4.79 Å². The van der Waals surface area contributed by atoms with Crippen LogP contribution >= 0.6 is 23.2 Å². The van der Waals surface area contributed by atoms with Crippen LogP contribution in [0.1, 0.15) is 13.3 Å². The SMILES string of the molecule is CCC(C=O)=C(Cl)Cl. The highest BCUT2D eigenvalue weighted by Gasteiger charge is 1.94. The van der Waals surface area contributed by atoms with Gasteiger partial charge >= 0.3 is 0 Å². The predicted molar refractivity (Wildman–Crippen MR) is 35.1 cm³/mol. The third kappa shape index (κ3) is 2.34. The number of hydrogen-bond donors (Lipinski definition) is 0. The summed E-state index contributed by atoms with van der Waals surface area (Å²) in [5, 5.41) is 0. The van der Waals surface area contributed by atoms with E-state index in [1.165, 1.54) is 0 Å². The van der Waals surface area contributed by atoms with Crippen molar-refractivity contribution in [3.8, 4) is 0 Å². The average molecular weight is 153 g/mol. The summed E-state index contributed by atoms with van der Waals surface area (Å²) in [5.74, 6) is 0. The Balaban J connectivity index is 4.07. The Labute approximate surface area is 58.3 Å². The van der Waals surface area contributed by atoms with Crippen molar-refractivity contribution in [2.45, 2.75) is 13.3 Å². The minimum atomic E-state index is 0.0718. The Bertz CT molecular complexity index is 114. The molecule has 0 aromatic rings. The van der Waals surface area contributed by atoms with Gasteiger partial charge in [-0.1, -0.05) is 30.1 Å². The number of carbonyl (C=O) groups is 1. The summed E-state index contributed by atoms with van der Waals surface area (Å²) in [6, 6.07) is 0. The van der Waals surface area contributed by atoms with Gasteiger partial charge in [0.25, 0.3) is 0 Å². The predicted octanol–water partition coefficient (Wildman–Crippen LogP) is 2.28. The van der Waals surface area contributed by atoms with E-state index in [0.717, 1.165) is 0 Å². The zero-order valence-corrected chi connectivity index (χ0v) is 5.96. The van der Waals surface area contributed by atoms with E-state index in [1.54, 1.807) is 0 Å². The summed E-state index contributed by atoms with van der Waals surface area (Å²) in [6.07, 6.45) is 1.25.